The van der Waals surface area contributed by atoms with E-state index in [-0.39, 0.29) is 58.2 Å². The first-order valence-corrected chi connectivity index (χ1v) is 1.32. The molecule has 0 amide bonds. The topological polar surface area (TPSA) is 63.2 Å². The van der Waals surface area contributed by atoms with Crippen LogP contribution in [0, 0.1) is 0 Å². The third-order valence-electron chi connectivity index (χ3n) is 0. The average molecular weight is 176 g/mol. The van der Waals surface area contributed by atoms with Crippen LogP contribution >= 0.6 is 0 Å². The van der Waals surface area contributed by atoms with Gasteiger partial charge in [0.2, 0.25) is 0 Å². The van der Waals surface area contributed by atoms with Gasteiger partial charge in [-0.15, -0.1) is 0 Å². The number of carboxylic acid groups (broad SMARTS) is 1. The third kappa shape index (κ3) is 130. The van der Waals surface area contributed by atoms with Crippen LogP contribution < -0.4 is 68.4 Å². The molecule has 0 heterocycles. The van der Waals surface area contributed by atoms with Crippen LogP contribution in [0.5, 0.6) is 0 Å². The van der Waals surface area contributed by atoms with Crippen molar-refractivity contribution in [3.8, 4) is 0 Å². The van der Waals surface area contributed by atoms with Gasteiger partial charge in [0.05, 0.1) is 0 Å². The van der Waals surface area contributed by atoms with E-state index in [2.05, 4.69) is 0 Å². The summed E-state index contributed by atoms with van der Waals surface area (Å²) in [5, 5.41) is 17.1. The first kappa shape index (κ1) is 15.7. The van der Waals surface area contributed by atoms with Gasteiger partial charge in [-0.3, -0.25) is 0 Å². The molecule has 0 radical (unpaired) electrons. The van der Waals surface area contributed by atoms with Crippen molar-refractivity contribution in [1.82, 2.24) is 0 Å². The van der Waals surface area contributed by atoms with E-state index in [1.807, 2.05) is 0 Å². The van der Waals surface area contributed by atoms with Crippen molar-refractivity contribution in [2.45, 2.75) is 6.92 Å². The van der Waals surface area contributed by atoms with E-state index in [1.54, 1.807) is 0 Å². The predicted octanol–water partition coefficient (Wildman–Crippen LogP) is -5.26. The summed E-state index contributed by atoms with van der Waals surface area (Å²) in [6, 6.07) is 0. The van der Waals surface area contributed by atoms with Crippen LogP contribution in [0.25, 0.3) is 0 Å². The Kier molecular flexibility index (Phi) is 35.2. The minimum Gasteiger partial charge on any atom is -0.857 e. The van der Waals surface area contributed by atoms with Crippen LogP contribution in [-0.2, 0) is 4.79 Å². The first-order valence-electron chi connectivity index (χ1n) is 1.32. The Morgan fingerprint density at radius 2 is 1.43 bits per heavy atom. The van der Waals surface area contributed by atoms with Gasteiger partial charge >= 0.3 is 58.2 Å². The minimum absolute atomic E-state index is 0. The van der Waals surface area contributed by atoms with Crippen LogP contribution in [0.4, 0.5) is 0 Å². The number of carboxylic acids is 1. The van der Waals surface area contributed by atoms with Crippen molar-refractivity contribution in [3.05, 3.63) is 0 Å². The molecule has 0 aliphatic carbocycles. The van der Waals surface area contributed by atoms with Crippen molar-refractivity contribution in [1.29, 1.82) is 0 Å². The van der Waals surface area contributed by atoms with Gasteiger partial charge < -0.3 is 15.0 Å². The molecule has 38 valence electrons. The molecule has 0 aliphatic rings. The smallest absolute Gasteiger partial charge is 0.857 e. The molecule has 4 heteroatoms. The first-order chi connectivity index (χ1) is 2.73. The van der Waals surface area contributed by atoms with Gasteiger partial charge in [-0.2, -0.15) is 7.11 Å². The summed E-state index contributed by atoms with van der Waals surface area (Å²) in [6.07, 6.45) is 0. The molecule has 0 aromatic heterocycles. The number of rotatable bonds is 0. The van der Waals surface area contributed by atoms with Crippen molar-refractivity contribution >= 4 is 5.97 Å². The summed E-state index contributed by atoms with van der Waals surface area (Å²) in [5.74, 6) is -1.08. The van der Waals surface area contributed by atoms with E-state index in [1.165, 1.54) is 0 Å². The van der Waals surface area contributed by atoms with Crippen molar-refractivity contribution in [3.63, 3.8) is 0 Å². The van der Waals surface area contributed by atoms with Gasteiger partial charge in [0, 0.05) is 5.97 Å². The van der Waals surface area contributed by atoms with Gasteiger partial charge in [0.15, 0.2) is 0 Å². The minimum atomic E-state index is -1.08. The molecule has 0 fully saturated rings. The van der Waals surface area contributed by atoms with Crippen LogP contribution in [0.3, 0.4) is 0 Å². The number of carbonyl (C=O) groups excluding carboxylic acids is 1. The predicted molar refractivity (Wildman–Crippen MR) is 16.6 cm³/mol. The standard InChI is InChI=1S/C2H4O2.CH3O.Rb/c1-2(3)4;1-2;/h1H3,(H,3,4);1H3;/q;-1;+1/p-1. The molecule has 0 saturated heterocycles. The number of hydrogen-bond acceptors (Lipinski definition) is 3. The summed E-state index contributed by atoms with van der Waals surface area (Å²) in [4.78, 5) is 8.89. The third-order valence-corrected chi connectivity index (χ3v) is 0. The molecule has 0 bridgehead atoms. The van der Waals surface area contributed by atoms with Crippen LogP contribution in [0.2, 0.25) is 0 Å². The van der Waals surface area contributed by atoms with Crippen LogP contribution in [0.1, 0.15) is 6.92 Å². The number of hydrogen-bond donors (Lipinski definition) is 0. The Morgan fingerprint density at radius 3 is 1.43 bits per heavy atom. The van der Waals surface area contributed by atoms with E-state index >= 15 is 0 Å². The van der Waals surface area contributed by atoms with E-state index in [0.29, 0.717) is 0 Å². The Hall–Kier alpha value is 1.24. The quantitative estimate of drug-likeness (QED) is 0.370. The molecule has 0 aromatic rings. The summed E-state index contributed by atoms with van der Waals surface area (Å²) in [6.45, 7) is 0.972. The fourth-order valence-electron chi connectivity index (χ4n) is 0. The fraction of sp³-hybridized carbons (Fsp3) is 0.667. The molecule has 0 unspecified atom stereocenters. The molecular formula is C3H6O3Rb-. The molecule has 0 spiro atoms. The SMILES string of the molecule is CC(=O)[O-].C[O-].[Rb+]. The van der Waals surface area contributed by atoms with Crippen LogP contribution in [-0.4, -0.2) is 13.1 Å². The molecule has 0 aliphatic heterocycles. The largest absolute Gasteiger partial charge is 1.00 e. The molecule has 0 N–H and O–H groups in total. The van der Waals surface area contributed by atoms with E-state index in [4.69, 9.17) is 15.0 Å². The van der Waals surface area contributed by atoms with Crippen LogP contribution in [0.15, 0.2) is 0 Å². The molecule has 0 rings (SSSR count). The Morgan fingerprint density at radius 1 is 1.43 bits per heavy atom. The van der Waals surface area contributed by atoms with E-state index < -0.39 is 5.97 Å². The second-order valence-corrected chi connectivity index (χ2v) is 0.492. The Balaban J connectivity index is -0.0000000480. The molecule has 3 nitrogen and oxygen atoms in total. The Labute approximate surface area is 91.5 Å². The zero-order valence-electron chi connectivity index (χ0n) is 4.72. The summed E-state index contributed by atoms with van der Waals surface area (Å²) in [7, 11) is 0.750. The molecule has 7 heavy (non-hydrogen) atoms. The van der Waals surface area contributed by atoms with Crippen molar-refractivity contribution in [2.75, 3.05) is 7.11 Å². The average Bonchev–Trinajstić information content (AvgIpc) is 1.41. The van der Waals surface area contributed by atoms with Crippen molar-refractivity contribution in [2.24, 2.45) is 0 Å². The normalized spacial score (nSPS) is 4.43. The van der Waals surface area contributed by atoms with Gasteiger partial charge in [-0.1, -0.05) is 0 Å². The number of aliphatic carboxylic acids is 1. The molecule has 0 atom stereocenters. The van der Waals surface area contributed by atoms with Gasteiger partial charge in [0.1, 0.15) is 0 Å². The molecular weight excluding hydrogens is 169 g/mol. The maximum Gasteiger partial charge on any atom is 1.00 e. The number of carbonyl (C=O) groups is 1. The van der Waals surface area contributed by atoms with Gasteiger partial charge in [-0.05, 0) is 6.92 Å². The zero-order chi connectivity index (χ0) is 5.58. The fourth-order valence-corrected chi connectivity index (χ4v) is 0. The summed E-state index contributed by atoms with van der Waals surface area (Å²) >= 11 is 0. The molecule has 0 saturated carbocycles. The second-order valence-electron chi connectivity index (χ2n) is 0.492. The van der Waals surface area contributed by atoms with E-state index in [0.717, 1.165) is 14.0 Å². The maximum atomic E-state index is 8.89. The maximum absolute atomic E-state index is 8.89. The zero-order valence-corrected chi connectivity index (χ0v) is 9.64. The van der Waals surface area contributed by atoms with Gasteiger partial charge in [0.25, 0.3) is 0 Å². The second kappa shape index (κ2) is 15.7. The van der Waals surface area contributed by atoms with E-state index in [9.17, 15) is 0 Å². The Bertz CT molecular complexity index is 33.2. The van der Waals surface area contributed by atoms with Gasteiger partial charge in [-0.25, -0.2) is 0 Å². The molecule has 0 aromatic carbocycles. The summed E-state index contributed by atoms with van der Waals surface area (Å²) < 4.78 is 0. The summed E-state index contributed by atoms with van der Waals surface area (Å²) in [5.41, 5.74) is 0. The monoisotopic (exact) mass is 175 g/mol. The van der Waals surface area contributed by atoms with Crippen molar-refractivity contribution < 1.29 is 73.2 Å².